The molecule has 1 unspecified atom stereocenters. The summed E-state index contributed by atoms with van der Waals surface area (Å²) in [5, 5.41) is 33.8. The number of aliphatic hydroxyl groups is 1. The summed E-state index contributed by atoms with van der Waals surface area (Å²) in [6.07, 6.45) is 2.77. The van der Waals surface area contributed by atoms with Gasteiger partial charge in [-0.2, -0.15) is 0 Å². The molecule has 0 saturated heterocycles. The molecule has 0 fully saturated rings. The standard InChI is InChI=1S/C7H8INO3.CH2O3/c8-5-7(10)3-1-6(2-4-7)9(11)12;2-1(3)4/h1-3,10H,4-5H2;(H2,2,3,4). The van der Waals surface area contributed by atoms with Crippen LogP contribution in [-0.4, -0.2) is 36.4 Å². The number of allylic oxidation sites excluding steroid dienone is 1. The molecule has 0 spiro atoms. The first kappa shape index (κ1) is 14.8. The van der Waals surface area contributed by atoms with Crippen LogP contribution in [0.3, 0.4) is 0 Å². The molecule has 0 radical (unpaired) electrons. The van der Waals surface area contributed by atoms with E-state index in [1.54, 1.807) is 0 Å². The van der Waals surface area contributed by atoms with Crippen molar-refractivity contribution in [2.24, 2.45) is 0 Å². The van der Waals surface area contributed by atoms with E-state index in [1.807, 2.05) is 22.6 Å². The summed E-state index contributed by atoms with van der Waals surface area (Å²) in [6.45, 7) is 0. The van der Waals surface area contributed by atoms with Crippen molar-refractivity contribution in [1.82, 2.24) is 0 Å². The van der Waals surface area contributed by atoms with Crippen molar-refractivity contribution in [2.45, 2.75) is 12.0 Å². The number of carboxylic acid groups (broad SMARTS) is 2. The zero-order valence-electron chi connectivity index (χ0n) is 8.04. The highest BCUT2D eigenvalue weighted by atomic mass is 127. The van der Waals surface area contributed by atoms with Crippen LogP contribution in [0.25, 0.3) is 0 Å². The fraction of sp³-hybridized carbons (Fsp3) is 0.375. The number of hydrogen-bond donors (Lipinski definition) is 3. The maximum Gasteiger partial charge on any atom is 0.503 e. The third-order valence-electron chi connectivity index (χ3n) is 1.67. The second kappa shape index (κ2) is 6.43. The lowest BCUT2D eigenvalue weighted by molar-refractivity contribution is -0.419. The van der Waals surface area contributed by atoms with Gasteiger partial charge in [0.25, 0.3) is 5.70 Å². The number of alkyl halides is 1. The molecular weight excluding hydrogens is 333 g/mol. The summed E-state index contributed by atoms with van der Waals surface area (Å²) in [6, 6.07) is 0. The molecule has 0 saturated carbocycles. The molecule has 0 aliphatic heterocycles. The van der Waals surface area contributed by atoms with Gasteiger partial charge in [-0.3, -0.25) is 10.1 Å². The van der Waals surface area contributed by atoms with Gasteiger partial charge >= 0.3 is 6.16 Å². The monoisotopic (exact) mass is 343 g/mol. The molecule has 8 heteroatoms. The molecule has 0 bridgehead atoms. The van der Waals surface area contributed by atoms with E-state index in [-0.39, 0.29) is 5.70 Å². The van der Waals surface area contributed by atoms with Crippen molar-refractivity contribution < 1.29 is 25.0 Å². The van der Waals surface area contributed by atoms with Gasteiger partial charge in [-0.15, -0.1) is 0 Å². The molecule has 7 nitrogen and oxygen atoms in total. The molecule has 3 N–H and O–H groups in total. The summed E-state index contributed by atoms with van der Waals surface area (Å²) >= 11 is 2.05. The Labute approximate surface area is 104 Å². The van der Waals surface area contributed by atoms with Crippen LogP contribution in [0.1, 0.15) is 6.42 Å². The lowest BCUT2D eigenvalue weighted by Gasteiger charge is -2.21. The Kier molecular flexibility index (Phi) is 5.96. The van der Waals surface area contributed by atoms with E-state index in [0.717, 1.165) is 0 Å². The Morgan fingerprint density at radius 1 is 1.62 bits per heavy atom. The van der Waals surface area contributed by atoms with E-state index < -0.39 is 16.7 Å². The van der Waals surface area contributed by atoms with Gasteiger partial charge in [-0.05, 0) is 12.2 Å². The zero-order chi connectivity index (χ0) is 12.8. The molecule has 0 aromatic carbocycles. The third kappa shape index (κ3) is 5.66. The quantitative estimate of drug-likeness (QED) is 0.302. The fourth-order valence-electron chi connectivity index (χ4n) is 0.892. The number of halogens is 1. The first-order valence-electron chi connectivity index (χ1n) is 4.05. The van der Waals surface area contributed by atoms with E-state index in [4.69, 9.17) is 15.0 Å². The lowest BCUT2D eigenvalue weighted by atomic mass is 9.97. The lowest BCUT2D eigenvalue weighted by Crippen LogP contribution is -2.29. The number of rotatable bonds is 2. The van der Waals surface area contributed by atoms with E-state index >= 15 is 0 Å². The highest BCUT2D eigenvalue weighted by Crippen LogP contribution is 2.22. The molecule has 1 aliphatic carbocycles. The molecule has 1 rings (SSSR count). The SMILES string of the molecule is O=C(O)O.O=[N+]([O-])C1=CCC(O)(CI)C=C1. The van der Waals surface area contributed by atoms with Gasteiger partial charge in [0.15, 0.2) is 0 Å². The Bertz CT molecular complexity index is 335. The summed E-state index contributed by atoms with van der Waals surface area (Å²) in [7, 11) is 0. The maximum absolute atomic E-state index is 10.3. The van der Waals surface area contributed by atoms with E-state index in [1.165, 1.54) is 18.2 Å². The van der Waals surface area contributed by atoms with Crippen LogP contribution in [0.5, 0.6) is 0 Å². The van der Waals surface area contributed by atoms with Gasteiger partial charge in [0, 0.05) is 16.9 Å². The maximum atomic E-state index is 10.3. The van der Waals surface area contributed by atoms with Gasteiger partial charge < -0.3 is 15.3 Å². The third-order valence-corrected chi connectivity index (χ3v) is 2.99. The van der Waals surface area contributed by atoms with Crippen LogP contribution >= 0.6 is 22.6 Å². The molecular formula is C8H10INO6. The number of hydrogen-bond acceptors (Lipinski definition) is 4. The highest BCUT2D eigenvalue weighted by Gasteiger charge is 2.26. The van der Waals surface area contributed by atoms with Crippen LogP contribution in [0, 0.1) is 10.1 Å². The van der Waals surface area contributed by atoms with Crippen molar-refractivity contribution >= 4 is 28.7 Å². The van der Waals surface area contributed by atoms with Crippen LogP contribution < -0.4 is 0 Å². The van der Waals surface area contributed by atoms with Crippen molar-refractivity contribution in [3.05, 3.63) is 34.0 Å². The minimum atomic E-state index is -1.83. The summed E-state index contributed by atoms with van der Waals surface area (Å²) in [5.74, 6) is 0. The van der Waals surface area contributed by atoms with Gasteiger partial charge in [-0.1, -0.05) is 22.6 Å². The number of carbonyl (C=O) groups is 1. The average Bonchev–Trinajstić information content (AvgIpc) is 2.17. The Hall–Kier alpha value is -1.16. The largest absolute Gasteiger partial charge is 0.503 e. The molecule has 0 aromatic heterocycles. The van der Waals surface area contributed by atoms with Crippen LogP contribution in [0.4, 0.5) is 4.79 Å². The van der Waals surface area contributed by atoms with Crippen molar-refractivity contribution in [2.75, 3.05) is 4.43 Å². The molecule has 1 aliphatic rings. The van der Waals surface area contributed by atoms with Crippen molar-refractivity contribution in [3.8, 4) is 0 Å². The summed E-state index contributed by atoms with van der Waals surface area (Å²) < 4.78 is 0.544. The Morgan fingerprint density at radius 3 is 2.38 bits per heavy atom. The predicted octanol–water partition coefficient (Wildman–Crippen LogP) is 1.50. The van der Waals surface area contributed by atoms with E-state index in [9.17, 15) is 15.2 Å². The van der Waals surface area contributed by atoms with Gasteiger partial charge in [-0.25, -0.2) is 4.79 Å². The van der Waals surface area contributed by atoms with E-state index in [2.05, 4.69) is 0 Å². The van der Waals surface area contributed by atoms with Crippen molar-refractivity contribution in [3.63, 3.8) is 0 Å². The van der Waals surface area contributed by atoms with Gasteiger partial charge in [0.05, 0.1) is 10.5 Å². The minimum absolute atomic E-state index is 0.0597. The molecule has 0 heterocycles. The number of nitro groups is 1. The topological polar surface area (TPSA) is 121 Å². The van der Waals surface area contributed by atoms with Gasteiger partial charge in [0.2, 0.25) is 0 Å². The second-order valence-corrected chi connectivity index (χ2v) is 3.71. The normalized spacial score (nSPS) is 22.8. The van der Waals surface area contributed by atoms with Crippen LogP contribution in [-0.2, 0) is 0 Å². The molecule has 90 valence electrons. The smallest absolute Gasteiger partial charge is 0.450 e. The summed E-state index contributed by atoms with van der Waals surface area (Å²) in [5.41, 5.74) is -0.829. The zero-order valence-corrected chi connectivity index (χ0v) is 10.2. The van der Waals surface area contributed by atoms with E-state index in [0.29, 0.717) is 10.8 Å². The minimum Gasteiger partial charge on any atom is -0.450 e. The Morgan fingerprint density at radius 2 is 2.12 bits per heavy atom. The first-order valence-corrected chi connectivity index (χ1v) is 5.57. The molecule has 0 amide bonds. The molecule has 0 aromatic rings. The predicted molar refractivity (Wildman–Crippen MR) is 63.3 cm³/mol. The fourth-order valence-corrected chi connectivity index (χ4v) is 1.46. The van der Waals surface area contributed by atoms with Gasteiger partial charge in [0.1, 0.15) is 0 Å². The molecule has 1 atom stereocenters. The second-order valence-electron chi connectivity index (χ2n) is 2.94. The highest BCUT2D eigenvalue weighted by molar-refractivity contribution is 14.1. The van der Waals surface area contributed by atoms with Crippen molar-refractivity contribution in [1.29, 1.82) is 0 Å². The summed E-state index contributed by atoms with van der Waals surface area (Å²) in [4.78, 5) is 18.4. The Balaban J connectivity index is 0.000000487. The molecule has 16 heavy (non-hydrogen) atoms. The van der Waals surface area contributed by atoms with Crippen LogP contribution in [0.15, 0.2) is 23.9 Å². The first-order chi connectivity index (χ1) is 7.30. The van der Waals surface area contributed by atoms with Crippen LogP contribution in [0.2, 0.25) is 0 Å². The number of nitrogens with zero attached hydrogens (tertiary/aromatic N) is 1. The average molecular weight is 343 g/mol.